The summed E-state index contributed by atoms with van der Waals surface area (Å²) in [6.45, 7) is 2.90. The highest BCUT2D eigenvalue weighted by atomic mass is 35.5. The van der Waals surface area contributed by atoms with Crippen LogP contribution in [0.3, 0.4) is 0 Å². The summed E-state index contributed by atoms with van der Waals surface area (Å²) in [7, 11) is -3.81. The summed E-state index contributed by atoms with van der Waals surface area (Å²) in [4.78, 5) is 2.03. The van der Waals surface area contributed by atoms with Gasteiger partial charge in [0.05, 0.1) is 0 Å². The van der Waals surface area contributed by atoms with Gasteiger partial charge in [-0.05, 0) is 55.6 Å². The first kappa shape index (κ1) is 19.3. The zero-order valence-corrected chi connectivity index (χ0v) is 15.9. The Hall–Kier alpha value is -1.47. The molecule has 4 nitrogen and oxygen atoms in total. The van der Waals surface area contributed by atoms with Crippen molar-refractivity contribution in [3.05, 3.63) is 64.9 Å². The number of nitrogens with zero attached hydrogens (tertiary/aromatic N) is 1. The zero-order chi connectivity index (χ0) is 18.6. The smallest absolute Gasteiger partial charge is 0.243 e. The molecule has 0 aromatic heterocycles. The average Bonchev–Trinajstić information content (AvgIpc) is 2.63. The lowest BCUT2D eigenvalue weighted by Crippen LogP contribution is -2.38. The van der Waals surface area contributed by atoms with E-state index in [0.717, 1.165) is 49.1 Å². The highest BCUT2D eigenvalue weighted by Crippen LogP contribution is 2.22. The molecule has 0 radical (unpaired) electrons. The van der Waals surface area contributed by atoms with Crippen LogP contribution < -0.4 is 4.72 Å². The lowest BCUT2D eigenvalue weighted by molar-refractivity contribution is 0.178. The van der Waals surface area contributed by atoms with Crippen LogP contribution in [-0.2, 0) is 16.6 Å². The van der Waals surface area contributed by atoms with Crippen molar-refractivity contribution in [2.75, 3.05) is 19.6 Å². The van der Waals surface area contributed by atoms with Crippen molar-refractivity contribution in [3.8, 4) is 0 Å². The van der Waals surface area contributed by atoms with Crippen molar-refractivity contribution in [2.45, 2.75) is 24.3 Å². The summed E-state index contributed by atoms with van der Waals surface area (Å²) in [5.41, 5.74) is 1.10. The van der Waals surface area contributed by atoms with Crippen molar-refractivity contribution in [1.82, 2.24) is 9.62 Å². The molecule has 140 valence electrons. The van der Waals surface area contributed by atoms with Crippen molar-refractivity contribution in [3.63, 3.8) is 0 Å². The molecule has 0 atom stereocenters. The van der Waals surface area contributed by atoms with Crippen LogP contribution in [0.25, 0.3) is 0 Å². The predicted molar refractivity (Wildman–Crippen MR) is 101 cm³/mol. The Labute approximate surface area is 159 Å². The second-order valence-corrected chi connectivity index (χ2v) is 8.74. The monoisotopic (exact) mass is 396 g/mol. The molecule has 7 heteroatoms. The number of benzene rings is 2. The maximum absolute atomic E-state index is 13.7. The number of hydrogen-bond donors (Lipinski definition) is 1. The minimum absolute atomic E-state index is 0.249. The van der Waals surface area contributed by atoms with E-state index in [1.807, 2.05) is 24.3 Å². The summed E-state index contributed by atoms with van der Waals surface area (Å²) >= 11 is 6.21. The number of sulfonamides is 1. The average molecular weight is 397 g/mol. The van der Waals surface area contributed by atoms with E-state index >= 15 is 0 Å². The molecule has 0 saturated carbocycles. The van der Waals surface area contributed by atoms with Crippen LogP contribution in [0.15, 0.2) is 53.4 Å². The number of hydrogen-bond acceptors (Lipinski definition) is 3. The van der Waals surface area contributed by atoms with Gasteiger partial charge in [0.2, 0.25) is 10.0 Å². The largest absolute Gasteiger partial charge is 0.299 e. The Bertz CT molecular complexity index is 852. The molecule has 1 fully saturated rings. The van der Waals surface area contributed by atoms with Crippen molar-refractivity contribution < 1.29 is 12.8 Å². The Balaban J connectivity index is 1.50. The summed E-state index contributed by atoms with van der Waals surface area (Å²) in [6, 6.07) is 13.2. The maximum Gasteiger partial charge on any atom is 0.243 e. The molecule has 1 aliphatic heterocycles. The SMILES string of the molecule is O=S(=O)(NCC1CCN(Cc2ccccc2Cl)CC1)c1ccccc1F. The van der Waals surface area contributed by atoms with Crippen LogP contribution in [-0.4, -0.2) is 33.0 Å². The van der Waals surface area contributed by atoms with Gasteiger partial charge in [-0.15, -0.1) is 0 Å². The van der Waals surface area contributed by atoms with Crippen molar-refractivity contribution in [1.29, 1.82) is 0 Å². The molecule has 1 N–H and O–H groups in total. The van der Waals surface area contributed by atoms with Gasteiger partial charge in [0, 0.05) is 18.1 Å². The van der Waals surface area contributed by atoms with Crippen molar-refractivity contribution >= 4 is 21.6 Å². The molecule has 0 aliphatic carbocycles. The van der Waals surface area contributed by atoms with Crippen LogP contribution in [0.1, 0.15) is 18.4 Å². The first-order chi connectivity index (χ1) is 12.5. The Morgan fingerprint density at radius 2 is 1.73 bits per heavy atom. The van der Waals surface area contributed by atoms with Gasteiger partial charge >= 0.3 is 0 Å². The summed E-state index contributed by atoms with van der Waals surface area (Å²) < 4.78 is 40.8. The van der Waals surface area contributed by atoms with Crippen LogP contribution in [0.4, 0.5) is 4.39 Å². The Morgan fingerprint density at radius 3 is 2.42 bits per heavy atom. The minimum Gasteiger partial charge on any atom is -0.299 e. The first-order valence-corrected chi connectivity index (χ1v) is 10.5. The molecule has 0 amide bonds. The fourth-order valence-electron chi connectivity index (χ4n) is 3.18. The predicted octanol–water partition coefficient (Wildman–Crippen LogP) is 3.67. The molecule has 0 bridgehead atoms. The first-order valence-electron chi connectivity index (χ1n) is 8.65. The number of rotatable bonds is 6. The summed E-state index contributed by atoms with van der Waals surface area (Å²) in [6.07, 6.45) is 1.79. The highest BCUT2D eigenvalue weighted by molar-refractivity contribution is 7.89. The number of piperidine rings is 1. The minimum atomic E-state index is -3.81. The van der Waals surface area contributed by atoms with Gasteiger partial charge in [0.15, 0.2) is 0 Å². The molecule has 1 saturated heterocycles. The second-order valence-electron chi connectivity index (χ2n) is 6.59. The molecule has 26 heavy (non-hydrogen) atoms. The summed E-state index contributed by atoms with van der Waals surface area (Å²) in [5.74, 6) is -0.478. The second kappa shape index (κ2) is 8.48. The third-order valence-electron chi connectivity index (χ3n) is 4.75. The Kier molecular flexibility index (Phi) is 6.29. The van der Waals surface area contributed by atoms with Gasteiger partial charge in [0.1, 0.15) is 10.7 Å². The van der Waals surface area contributed by atoms with Crippen LogP contribution in [0, 0.1) is 11.7 Å². The van der Waals surface area contributed by atoms with Gasteiger partial charge in [-0.1, -0.05) is 41.9 Å². The number of likely N-dealkylation sites (tertiary alicyclic amines) is 1. The fraction of sp³-hybridized carbons (Fsp3) is 0.368. The van der Waals surface area contributed by atoms with Crippen molar-refractivity contribution in [2.24, 2.45) is 5.92 Å². The van der Waals surface area contributed by atoms with Gasteiger partial charge in [0.25, 0.3) is 0 Å². The van der Waals surface area contributed by atoms with E-state index in [9.17, 15) is 12.8 Å². The summed E-state index contributed by atoms with van der Waals surface area (Å²) in [5, 5.41) is 0.771. The molecule has 0 unspecified atom stereocenters. The topological polar surface area (TPSA) is 49.4 Å². The lowest BCUT2D eigenvalue weighted by atomic mass is 9.97. The maximum atomic E-state index is 13.7. The Morgan fingerprint density at radius 1 is 1.08 bits per heavy atom. The van der Waals surface area contributed by atoms with E-state index < -0.39 is 15.8 Å². The quantitative estimate of drug-likeness (QED) is 0.810. The molecule has 2 aromatic carbocycles. The van der Waals surface area contributed by atoms with E-state index in [1.54, 1.807) is 0 Å². The molecule has 1 aliphatic rings. The van der Waals surface area contributed by atoms with E-state index in [0.29, 0.717) is 6.54 Å². The lowest BCUT2D eigenvalue weighted by Gasteiger charge is -2.32. The third-order valence-corrected chi connectivity index (χ3v) is 6.57. The van der Waals surface area contributed by atoms with E-state index in [1.165, 1.54) is 18.2 Å². The molecular weight excluding hydrogens is 375 g/mol. The highest BCUT2D eigenvalue weighted by Gasteiger charge is 2.23. The number of nitrogens with one attached hydrogen (secondary N) is 1. The molecule has 1 heterocycles. The van der Waals surface area contributed by atoms with E-state index in [4.69, 9.17) is 11.6 Å². The van der Waals surface area contributed by atoms with E-state index in [-0.39, 0.29) is 10.8 Å². The zero-order valence-electron chi connectivity index (χ0n) is 14.4. The van der Waals surface area contributed by atoms with Gasteiger partial charge < -0.3 is 0 Å². The fourth-order valence-corrected chi connectivity index (χ4v) is 4.57. The molecule has 2 aromatic rings. The molecular formula is C19H22ClFN2O2S. The standard InChI is InChI=1S/C19H22ClFN2O2S/c20-17-6-2-1-5-16(17)14-23-11-9-15(10-12-23)13-22-26(24,25)19-8-4-3-7-18(19)21/h1-8,15,22H,9-14H2. The van der Waals surface area contributed by atoms with Gasteiger partial charge in [-0.3, -0.25) is 4.90 Å². The third kappa shape index (κ3) is 4.82. The van der Waals surface area contributed by atoms with Crippen LogP contribution >= 0.6 is 11.6 Å². The normalized spacial score (nSPS) is 16.7. The van der Waals surface area contributed by atoms with Gasteiger partial charge in [-0.2, -0.15) is 0 Å². The number of halogens is 2. The molecule has 0 spiro atoms. The molecule has 3 rings (SSSR count). The van der Waals surface area contributed by atoms with Crippen LogP contribution in [0.5, 0.6) is 0 Å². The van der Waals surface area contributed by atoms with Gasteiger partial charge in [-0.25, -0.2) is 17.5 Å². The van der Waals surface area contributed by atoms with Crippen LogP contribution in [0.2, 0.25) is 5.02 Å². The van der Waals surface area contributed by atoms with E-state index in [2.05, 4.69) is 9.62 Å².